The van der Waals surface area contributed by atoms with E-state index in [0.717, 1.165) is 34.1 Å². The second kappa shape index (κ2) is 5.57. The molecule has 96 valence electrons. The van der Waals surface area contributed by atoms with Crippen molar-refractivity contribution in [3.8, 4) is 11.1 Å². The first-order valence-corrected chi connectivity index (χ1v) is 6.91. The Morgan fingerprint density at radius 3 is 2.78 bits per heavy atom. The largest absolute Gasteiger partial charge is 0.367 e. The Balaban J connectivity index is 2.44. The third-order valence-corrected chi connectivity index (χ3v) is 3.86. The summed E-state index contributed by atoms with van der Waals surface area (Å²) in [5.41, 5.74) is 8.80. The van der Waals surface area contributed by atoms with Gasteiger partial charge in [0.25, 0.3) is 0 Å². The van der Waals surface area contributed by atoms with E-state index in [1.54, 1.807) is 0 Å². The van der Waals surface area contributed by atoms with Crippen LogP contribution in [0.1, 0.15) is 26.0 Å². The van der Waals surface area contributed by atoms with Crippen LogP contribution in [0.2, 0.25) is 0 Å². The molecule has 1 aromatic carbocycles. The first-order valence-electron chi connectivity index (χ1n) is 6.12. The van der Waals surface area contributed by atoms with Crippen LogP contribution in [0, 0.1) is 5.92 Å². The minimum Gasteiger partial charge on any atom is -0.367 e. The van der Waals surface area contributed by atoms with E-state index in [-0.39, 0.29) is 0 Å². The number of benzene rings is 1. The molecule has 18 heavy (non-hydrogen) atoms. The van der Waals surface area contributed by atoms with Crippen molar-refractivity contribution in [3.63, 3.8) is 0 Å². The minimum absolute atomic E-state index is 0.389. The van der Waals surface area contributed by atoms with E-state index in [4.69, 9.17) is 10.3 Å². The quantitative estimate of drug-likeness (QED) is 0.917. The molecular formula is C14H17BrN2O. The van der Waals surface area contributed by atoms with E-state index in [9.17, 15) is 0 Å². The van der Waals surface area contributed by atoms with Crippen LogP contribution in [0.5, 0.6) is 0 Å². The Morgan fingerprint density at radius 1 is 1.39 bits per heavy atom. The zero-order valence-electron chi connectivity index (χ0n) is 10.6. The average Bonchev–Trinajstić information content (AvgIpc) is 2.71. The van der Waals surface area contributed by atoms with Gasteiger partial charge in [0.05, 0.1) is 11.3 Å². The number of hydrogen-bond donors (Lipinski definition) is 1. The SMILES string of the molecule is CCC(C)Cc1noc(N)c1-c1ccccc1Br. The van der Waals surface area contributed by atoms with Gasteiger partial charge < -0.3 is 10.3 Å². The van der Waals surface area contributed by atoms with Gasteiger partial charge in [-0.15, -0.1) is 0 Å². The molecule has 2 N–H and O–H groups in total. The molecule has 2 rings (SSSR count). The minimum atomic E-state index is 0.389. The summed E-state index contributed by atoms with van der Waals surface area (Å²) in [7, 11) is 0. The van der Waals surface area contributed by atoms with Crippen LogP contribution in [-0.2, 0) is 6.42 Å². The van der Waals surface area contributed by atoms with Crippen LogP contribution >= 0.6 is 15.9 Å². The number of nitrogens with two attached hydrogens (primary N) is 1. The zero-order chi connectivity index (χ0) is 13.1. The summed E-state index contributed by atoms with van der Waals surface area (Å²) in [6, 6.07) is 7.98. The molecule has 0 amide bonds. The highest BCUT2D eigenvalue weighted by Crippen LogP contribution is 2.35. The van der Waals surface area contributed by atoms with Crippen molar-refractivity contribution in [1.82, 2.24) is 5.16 Å². The summed E-state index contributed by atoms with van der Waals surface area (Å²) in [5.74, 6) is 0.955. The lowest BCUT2D eigenvalue weighted by Crippen LogP contribution is -2.00. The van der Waals surface area contributed by atoms with Gasteiger partial charge >= 0.3 is 0 Å². The third kappa shape index (κ3) is 2.58. The van der Waals surface area contributed by atoms with E-state index in [2.05, 4.69) is 34.9 Å². The predicted molar refractivity (Wildman–Crippen MR) is 77.2 cm³/mol. The number of hydrogen-bond acceptors (Lipinski definition) is 3. The molecule has 0 saturated carbocycles. The number of nitrogens with zero attached hydrogens (tertiary/aromatic N) is 1. The lowest BCUT2D eigenvalue weighted by molar-refractivity contribution is 0.418. The monoisotopic (exact) mass is 308 g/mol. The number of anilines is 1. The predicted octanol–water partition coefficient (Wildman–Crippen LogP) is 4.27. The fourth-order valence-electron chi connectivity index (χ4n) is 1.90. The van der Waals surface area contributed by atoms with Gasteiger partial charge in [0, 0.05) is 10.0 Å². The maximum absolute atomic E-state index is 5.91. The van der Waals surface area contributed by atoms with E-state index in [0.29, 0.717) is 11.8 Å². The summed E-state index contributed by atoms with van der Waals surface area (Å²) in [4.78, 5) is 0. The number of rotatable bonds is 4. The highest BCUT2D eigenvalue weighted by molar-refractivity contribution is 9.10. The molecule has 3 nitrogen and oxygen atoms in total. The molecule has 0 bridgehead atoms. The van der Waals surface area contributed by atoms with Crippen molar-refractivity contribution in [2.45, 2.75) is 26.7 Å². The second-order valence-electron chi connectivity index (χ2n) is 4.57. The number of halogens is 1. The van der Waals surface area contributed by atoms with Gasteiger partial charge in [0.15, 0.2) is 0 Å². The maximum Gasteiger partial charge on any atom is 0.230 e. The fourth-order valence-corrected chi connectivity index (χ4v) is 2.39. The molecule has 1 unspecified atom stereocenters. The van der Waals surface area contributed by atoms with Crippen LogP contribution in [0.25, 0.3) is 11.1 Å². The molecular weight excluding hydrogens is 292 g/mol. The highest BCUT2D eigenvalue weighted by Gasteiger charge is 2.18. The van der Waals surface area contributed by atoms with Crippen molar-refractivity contribution < 1.29 is 4.52 Å². The average molecular weight is 309 g/mol. The van der Waals surface area contributed by atoms with Gasteiger partial charge in [-0.25, -0.2) is 0 Å². The summed E-state index contributed by atoms with van der Waals surface area (Å²) >= 11 is 3.54. The van der Waals surface area contributed by atoms with E-state index in [1.165, 1.54) is 0 Å². The van der Waals surface area contributed by atoms with Gasteiger partial charge in [0.2, 0.25) is 5.88 Å². The Labute approximate surface area is 115 Å². The van der Waals surface area contributed by atoms with Gasteiger partial charge in [-0.1, -0.05) is 59.6 Å². The molecule has 1 aromatic heterocycles. The standard InChI is InChI=1S/C14H17BrN2O/c1-3-9(2)8-12-13(14(16)18-17-12)10-6-4-5-7-11(10)15/h4-7,9H,3,8,16H2,1-2H3. The van der Waals surface area contributed by atoms with Gasteiger partial charge in [-0.3, -0.25) is 0 Å². The van der Waals surface area contributed by atoms with E-state index < -0.39 is 0 Å². The summed E-state index contributed by atoms with van der Waals surface area (Å²) < 4.78 is 6.16. The molecule has 1 atom stereocenters. The Hall–Kier alpha value is -1.29. The molecule has 2 aromatic rings. The molecule has 0 aliphatic rings. The van der Waals surface area contributed by atoms with Crippen molar-refractivity contribution >= 4 is 21.8 Å². The first-order chi connectivity index (χ1) is 8.63. The molecule has 0 spiro atoms. The van der Waals surface area contributed by atoms with Crippen LogP contribution < -0.4 is 5.73 Å². The Kier molecular flexibility index (Phi) is 4.07. The number of aromatic nitrogens is 1. The molecule has 0 fully saturated rings. The third-order valence-electron chi connectivity index (χ3n) is 3.17. The van der Waals surface area contributed by atoms with Crippen LogP contribution in [0.4, 0.5) is 5.88 Å². The zero-order valence-corrected chi connectivity index (χ0v) is 12.2. The molecule has 0 saturated heterocycles. The maximum atomic E-state index is 5.91. The van der Waals surface area contributed by atoms with Crippen molar-refractivity contribution in [2.24, 2.45) is 5.92 Å². The Bertz CT molecular complexity index is 536. The highest BCUT2D eigenvalue weighted by atomic mass is 79.9. The van der Waals surface area contributed by atoms with Gasteiger partial charge in [0.1, 0.15) is 0 Å². The summed E-state index contributed by atoms with van der Waals surface area (Å²) in [5, 5.41) is 4.10. The first kappa shape index (κ1) is 13.1. The molecule has 1 heterocycles. The topological polar surface area (TPSA) is 52.0 Å². The lowest BCUT2D eigenvalue weighted by atomic mass is 9.97. The summed E-state index contributed by atoms with van der Waals surface area (Å²) in [6.45, 7) is 4.38. The van der Waals surface area contributed by atoms with Crippen molar-refractivity contribution in [3.05, 3.63) is 34.4 Å². The normalized spacial score (nSPS) is 12.6. The molecule has 0 aliphatic heterocycles. The molecule has 0 radical (unpaired) electrons. The van der Waals surface area contributed by atoms with E-state index in [1.807, 2.05) is 24.3 Å². The van der Waals surface area contributed by atoms with Crippen molar-refractivity contribution in [1.29, 1.82) is 0 Å². The second-order valence-corrected chi connectivity index (χ2v) is 5.42. The molecule has 0 aliphatic carbocycles. The van der Waals surface area contributed by atoms with Crippen LogP contribution in [0.15, 0.2) is 33.3 Å². The summed E-state index contributed by atoms with van der Waals surface area (Å²) in [6.07, 6.45) is 2.00. The van der Waals surface area contributed by atoms with Gasteiger partial charge in [-0.2, -0.15) is 0 Å². The molecule has 4 heteroatoms. The van der Waals surface area contributed by atoms with E-state index >= 15 is 0 Å². The smallest absolute Gasteiger partial charge is 0.230 e. The van der Waals surface area contributed by atoms with Crippen LogP contribution in [-0.4, -0.2) is 5.16 Å². The fraction of sp³-hybridized carbons (Fsp3) is 0.357. The van der Waals surface area contributed by atoms with Crippen molar-refractivity contribution in [2.75, 3.05) is 5.73 Å². The van der Waals surface area contributed by atoms with Gasteiger partial charge in [-0.05, 0) is 18.4 Å². The Morgan fingerprint density at radius 2 is 2.11 bits per heavy atom. The number of nitrogen functional groups attached to an aromatic ring is 1. The lowest BCUT2D eigenvalue weighted by Gasteiger charge is -2.08. The van der Waals surface area contributed by atoms with Crippen LogP contribution in [0.3, 0.4) is 0 Å².